The van der Waals surface area contributed by atoms with E-state index in [1.165, 1.54) is 6.92 Å². The van der Waals surface area contributed by atoms with Crippen LogP contribution in [0.15, 0.2) is 54.6 Å². The molecule has 0 radical (unpaired) electrons. The number of carbonyl (C=O) groups is 3. The van der Waals surface area contributed by atoms with Crippen molar-refractivity contribution in [2.45, 2.75) is 84.2 Å². The van der Waals surface area contributed by atoms with Crippen LogP contribution in [-0.4, -0.2) is 44.5 Å². The normalized spacial score (nSPS) is 20.3. The summed E-state index contributed by atoms with van der Waals surface area (Å²) >= 11 is 0. The number of urea groups is 1. The second-order valence-electron chi connectivity index (χ2n) is 12.4. The molecule has 2 atom stereocenters. The van der Waals surface area contributed by atoms with Crippen molar-refractivity contribution in [3.8, 4) is 5.69 Å². The number of carbonyl (C=O) groups excluding carboxylic acids is 3. The van der Waals surface area contributed by atoms with Crippen LogP contribution in [0.25, 0.3) is 5.69 Å². The Labute approximate surface area is 236 Å². The summed E-state index contributed by atoms with van der Waals surface area (Å²) in [6.45, 7) is 9.70. The molecule has 0 spiro atoms. The standard InChI is InChI=1S/C32H39N5O3/c1-20-9-11-25(12-10-20)37-29(19-28(35-37)32(3,4)5)34-31(40)33-24-8-6-7-22(16-24)15-23-17-26-13-14-27(18-23)36(26)30(39)21(2)38/h6-12,16,19,23,26-27H,13-15,17-18H2,1-5H3,(H2,33,34,40). The van der Waals surface area contributed by atoms with E-state index in [1.807, 2.05) is 60.4 Å². The number of benzene rings is 2. The summed E-state index contributed by atoms with van der Waals surface area (Å²) in [4.78, 5) is 39.0. The van der Waals surface area contributed by atoms with Crippen molar-refractivity contribution >= 4 is 29.2 Å². The molecule has 2 bridgehead atoms. The number of piperidine rings is 1. The number of anilines is 2. The van der Waals surface area contributed by atoms with Crippen LogP contribution in [0.5, 0.6) is 0 Å². The van der Waals surface area contributed by atoms with Crippen molar-refractivity contribution in [3.63, 3.8) is 0 Å². The highest BCUT2D eigenvalue weighted by atomic mass is 16.2. The van der Waals surface area contributed by atoms with Gasteiger partial charge in [-0.3, -0.25) is 14.9 Å². The molecule has 3 amide bonds. The minimum absolute atomic E-state index is 0.156. The molecule has 0 aliphatic carbocycles. The van der Waals surface area contributed by atoms with E-state index in [0.717, 1.165) is 60.3 Å². The van der Waals surface area contributed by atoms with Crippen molar-refractivity contribution in [2.24, 2.45) is 5.92 Å². The maximum atomic E-state index is 13.1. The summed E-state index contributed by atoms with van der Waals surface area (Å²) in [5.41, 5.74) is 4.61. The fourth-order valence-electron chi connectivity index (χ4n) is 6.08. The molecule has 210 valence electrons. The molecule has 2 aliphatic heterocycles. The predicted molar refractivity (Wildman–Crippen MR) is 157 cm³/mol. The lowest BCUT2D eigenvalue weighted by Crippen LogP contribution is -2.49. The van der Waals surface area contributed by atoms with Crippen LogP contribution in [0.1, 0.15) is 70.2 Å². The molecule has 3 aromatic rings. The molecule has 8 nitrogen and oxygen atoms in total. The van der Waals surface area contributed by atoms with Crippen molar-refractivity contribution < 1.29 is 14.4 Å². The van der Waals surface area contributed by atoms with Crippen molar-refractivity contribution in [1.29, 1.82) is 0 Å². The van der Waals surface area contributed by atoms with E-state index >= 15 is 0 Å². The van der Waals surface area contributed by atoms with Gasteiger partial charge in [0.25, 0.3) is 5.91 Å². The highest BCUT2D eigenvalue weighted by Crippen LogP contribution is 2.40. The van der Waals surface area contributed by atoms with Gasteiger partial charge in [-0.05, 0) is 74.8 Å². The van der Waals surface area contributed by atoms with Crippen LogP contribution in [0.4, 0.5) is 16.3 Å². The second-order valence-corrected chi connectivity index (χ2v) is 12.4. The Morgan fingerprint density at radius 3 is 2.25 bits per heavy atom. The lowest BCUT2D eigenvalue weighted by Gasteiger charge is -2.38. The molecule has 2 saturated heterocycles. The van der Waals surface area contributed by atoms with Gasteiger partial charge in [-0.15, -0.1) is 0 Å². The number of hydrogen-bond acceptors (Lipinski definition) is 4. The fraction of sp³-hybridized carbons (Fsp3) is 0.438. The van der Waals surface area contributed by atoms with Crippen molar-refractivity contribution in [2.75, 3.05) is 10.6 Å². The Morgan fingerprint density at radius 2 is 1.62 bits per heavy atom. The Hall–Kier alpha value is -3.94. The molecule has 8 heteroatoms. The predicted octanol–water partition coefficient (Wildman–Crippen LogP) is 6.02. The first-order chi connectivity index (χ1) is 19.0. The largest absolute Gasteiger partial charge is 0.330 e. The summed E-state index contributed by atoms with van der Waals surface area (Å²) in [6, 6.07) is 17.9. The van der Waals surface area contributed by atoms with Crippen LogP contribution >= 0.6 is 0 Å². The molecule has 2 aliphatic rings. The van der Waals surface area contributed by atoms with Crippen LogP contribution in [-0.2, 0) is 21.4 Å². The van der Waals surface area contributed by atoms with Gasteiger partial charge in [-0.2, -0.15) is 5.10 Å². The molecule has 2 fully saturated rings. The lowest BCUT2D eigenvalue weighted by atomic mass is 9.85. The third-order valence-corrected chi connectivity index (χ3v) is 8.07. The molecule has 2 N–H and O–H groups in total. The van der Waals surface area contributed by atoms with E-state index in [4.69, 9.17) is 5.10 Å². The SMILES string of the molecule is CC(=O)C(=O)N1C2CCC1CC(Cc1cccc(NC(=O)Nc3cc(C(C)(C)C)nn3-c3ccc(C)cc3)c1)C2. The Morgan fingerprint density at radius 1 is 0.950 bits per heavy atom. The summed E-state index contributed by atoms with van der Waals surface area (Å²) in [7, 11) is 0. The van der Waals surface area contributed by atoms with Crippen LogP contribution in [0.3, 0.4) is 0 Å². The Bertz CT molecular complexity index is 1410. The van der Waals surface area contributed by atoms with Gasteiger partial charge in [0.1, 0.15) is 5.82 Å². The maximum absolute atomic E-state index is 13.1. The molecule has 2 aromatic carbocycles. The zero-order valence-electron chi connectivity index (χ0n) is 24.0. The van der Waals surface area contributed by atoms with Gasteiger partial charge in [0.05, 0.1) is 11.4 Å². The number of aryl methyl sites for hydroxylation is 1. The van der Waals surface area contributed by atoms with Gasteiger partial charge in [0.2, 0.25) is 5.78 Å². The molecule has 3 heterocycles. The van der Waals surface area contributed by atoms with E-state index in [-0.39, 0.29) is 35.2 Å². The van der Waals surface area contributed by atoms with Crippen molar-refractivity contribution in [3.05, 3.63) is 71.4 Å². The number of nitrogens with one attached hydrogen (secondary N) is 2. The summed E-state index contributed by atoms with van der Waals surface area (Å²) in [5.74, 6) is 0.340. The zero-order valence-corrected chi connectivity index (χ0v) is 24.0. The smallest absolute Gasteiger partial charge is 0.324 e. The number of amides is 3. The molecule has 5 rings (SSSR count). The topological polar surface area (TPSA) is 96.3 Å². The van der Waals surface area contributed by atoms with Crippen molar-refractivity contribution in [1.82, 2.24) is 14.7 Å². The number of hydrogen-bond donors (Lipinski definition) is 2. The lowest BCUT2D eigenvalue weighted by molar-refractivity contribution is -0.147. The number of ketones is 1. The number of fused-ring (bicyclic) bond motifs is 2. The molecule has 40 heavy (non-hydrogen) atoms. The first-order valence-electron chi connectivity index (χ1n) is 14.2. The summed E-state index contributed by atoms with van der Waals surface area (Å²) in [6.07, 6.45) is 4.64. The summed E-state index contributed by atoms with van der Waals surface area (Å²) in [5, 5.41) is 10.8. The highest BCUT2D eigenvalue weighted by Gasteiger charge is 2.43. The minimum atomic E-state index is -0.371. The summed E-state index contributed by atoms with van der Waals surface area (Å²) < 4.78 is 1.77. The number of nitrogens with zero attached hydrogens (tertiary/aromatic N) is 3. The first kappa shape index (κ1) is 27.6. The molecular formula is C32H39N5O3. The monoisotopic (exact) mass is 541 g/mol. The average molecular weight is 542 g/mol. The van der Waals surface area contributed by atoms with Gasteiger partial charge in [-0.1, -0.05) is 50.6 Å². The average Bonchev–Trinajstić information content (AvgIpc) is 3.42. The van der Waals surface area contributed by atoms with Gasteiger partial charge >= 0.3 is 6.03 Å². The Balaban J connectivity index is 1.26. The molecule has 1 aromatic heterocycles. The van der Waals surface area contributed by atoms with Crippen LogP contribution in [0.2, 0.25) is 0 Å². The van der Waals surface area contributed by atoms with E-state index in [9.17, 15) is 14.4 Å². The number of aromatic nitrogens is 2. The van der Waals surface area contributed by atoms with E-state index in [2.05, 4.69) is 37.5 Å². The number of rotatable bonds is 6. The minimum Gasteiger partial charge on any atom is -0.330 e. The maximum Gasteiger partial charge on any atom is 0.324 e. The van der Waals surface area contributed by atoms with Crippen LogP contribution in [0, 0.1) is 12.8 Å². The molecular weight excluding hydrogens is 502 g/mol. The number of Topliss-reactive ketones (excluding diaryl/α,β-unsaturated/α-hetero) is 1. The van der Waals surface area contributed by atoms with Gasteiger partial charge in [0, 0.05) is 36.2 Å². The van der Waals surface area contributed by atoms with E-state index < -0.39 is 0 Å². The zero-order chi connectivity index (χ0) is 28.6. The van der Waals surface area contributed by atoms with Gasteiger partial charge in [-0.25, -0.2) is 9.48 Å². The third kappa shape index (κ3) is 5.96. The van der Waals surface area contributed by atoms with E-state index in [0.29, 0.717) is 11.7 Å². The van der Waals surface area contributed by atoms with Gasteiger partial charge in [0.15, 0.2) is 0 Å². The molecule has 0 saturated carbocycles. The van der Waals surface area contributed by atoms with Gasteiger partial charge < -0.3 is 10.2 Å². The molecule has 2 unspecified atom stereocenters. The Kier molecular flexibility index (Phi) is 7.53. The fourth-order valence-corrected chi connectivity index (χ4v) is 6.08. The quantitative estimate of drug-likeness (QED) is 0.373. The van der Waals surface area contributed by atoms with Crippen LogP contribution < -0.4 is 10.6 Å². The third-order valence-electron chi connectivity index (χ3n) is 8.07. The second kappa shape index (κ2) is 10.9. The van der Waals surface area contributed by atoms with E-state index in [1.54, 1.807) is 4.68 Å². The highest BCUT2D eigenvalue weighted by molar-refractivity contribution is 6.35. The first-order valence-corrected chi connectivity index (χ1v) is 14.2.